The van der Waals surface area contributed by atoms with Gasteiger partial charge in [-0.3, -0.25) is 0 Å². The Morgan fingerprint density at radius 2 is 1.94 bits per heavy atom. The van der Waals surface area contributed by atoms with Crippen molar-refractivity contribution in [2.24, 2.45) is 5.41 Å². The molecule has 2 fully saturated rings. The molecular formula is C15H30N2. The van der Waals surface area contributed by atoms with Gasteiger partial charge in [-0.1, -0.05) is 26.2 Å². The average molecular weight is 238 g/mol. The van der Waals surface area contributed by atoms with Crippen LogP contribution in [0.25, 0.3) is 0 Å². The van der Waals surface area contributed by atoms with Crippen LogP contribution >= 0.6 is 0 Å². The van der Waals surface area contributed by atoms with Crippen molar-refractivity contribution in [2.45, 2.75) is 70.9 Å². The van der Waals surface area contributed by atoms with E-state index >= 15 is 0 Å². The molecule has 1 saturated carbocycles. The van der Waals surface area contributed by atoms with Crippen LogP contribution < -0.4 is 5.32 Å². The molecule has 2 atom stereocenters. The fourth-order valence-electron chi connectivity index (χ4n) is 3.45. The Balaban J connectivity index is 1.74. The standard InChI is InChI=1S/C15H30N2/c1-13-11-14(7-10-17(13)3)16-12-15(2)8-5-4-6-9-15/h13-14,16H,4-12H2,1-3H3. The molecule has 1 aliphatic heterocycles. The Hall–Kier alpha value is -0.0800. The van der Waals surface area contributed by atoms with Crippen molar-refractivity contribution in [1.29, 1.82) is 0 Å². The number of hydrogen-bond acceptors (Lipinski definition) is 2. The minimum atomic E-state index is 0.588. The van der Waals surface area contributed by atoms with Gasteiger partial charge in [-0.2, -0.15) is 0 Å². The SMILES string of the molecule is CC1CC(NCC2(C)CCCCC2)CCN1C. The number of rotatable bonds is 3. The molecule has 1 N–H and O–H groups in total. The zero-order chi connectivity index (χ0) is 12.3. The molecule has 1 aliphatic carbocycles. The van der Waals surface area contributed by atoms with Gasteiger partial charge >= 0.3 is 0 Å². The second kappa shape index (κ2) is 5.71. The monoisotopic (exact) mass is 238 g/mol. The largest absolute Gasteiger partial charge is 0.313 e. The predicted octanol–water partition coefficient (Wildman–Crippen LogP) is 3.03. The van der Waals surface area contributed by atoms with Gasteiger partial charge in [0.25, 0.3) is 0 Å². The molecule has 0 aromatic carbocycles. The van der Waals surface area contributed by atoms with Crippen LogP contribution in [0.15, 0.2) is 0 Å². The van der Waals surface area contributed by atoms with Crippen molar-refractivity contribution in [1.82, 2.24) is 10.2 Å². The van der Waals surface area contributed by atoms with Gasteiger partial charge in [0.1, 0.15) is 0 Å². The summed E-state index contributed by atoms with van der Waals surface area (Å²) in [6.07, 6.45) is 9.87. The average Bonchev–Trinajstić information content (AvgIpc) is 2.32. The van der Waals surface area contributed by atoms with Crippen LogP contribution in [0.4, 0.5) is 0 Å². The first-order chi connectivity index (χ1) is 8.09. The highest BCUT2D eigenvalue weighted by Crippen LogP contribution is 2.35. The summed E-state index contributed by atoms with van der Waals surface area (Å²) in [4.78, 5) is 2.49. The maximum Gasteiger partial charge on any atom is 0.00942 e. The molecule has 0 amide bonds. The molecule has 2 heteroatoms. The summed E-state index contributed by atoms with van der Waals surface area (Å²) in [7, 11) is 2.25. The Kier molecular flexibility index (Phi) is 4.48. The first-order valence-electron chi connectivity index (χ1n) is 7.53. The quantitative estimate of drug-likeness (QED) is 0.813. The molecule has 2 unspecified atom stereocenters. The third kappa shape index (κ3) is 3.69. The van der Waals surface area contributed by atoms with Crippen LogP contribution in [-0.2, 0) is 0 Å². The molecule has 2 rings (SSSR count). The normalized spacial score (nSPS) is 34.8. The topological polar surface area (TPSA) is 15.3 Å². The van der Waals surface area contributed by atoms with Gasteiger partial charge in [0.15, 0.2) is 0 Å². The Morgan fingerprint density at radius 3 is 2.59 bits per heavy atom. The number of nitrogens with zero attached hydrogens (tertiary/aromatic N) is 1. The summed E-state index contributed by atoms with van der Waals surface area (Å²) in [5, 5.41) is 3.86. The second-order valence-electron chi connectivity index (χ2n) is 6.80. The van der Waals surface area contributed by atoms with Crippen molar-refractivity contribution in [3.8, 4) is 0 Å². The smallest absolute Gasteiger partial charge is 0.00942 e. The lowest BCUT2D eigenvalue weighted by atomic mass is 9.75. The van der Waals surface area contributed by atoms with E-state index < -0.39 is 0 Å². The first kappa shape index (κ1) is 13.4. The molecule has 0 radical (unpaired) electrons. The summed E-state index contributed by atoms with van der Waals surface area (Å²) in [5.41, 5.74) is 0.588. The zero-order valence-corrected chi connectivity index (χ0v) is 12.0. The molecule has 1 heterocycles. The van der Waals surface area contributed by atoms with E-state index in [1.165, 1.54) is 58.0 Å². The summed E-state index contributed by atoms with van der Waals surface area (Å²) in [5.74, 6) is 0. The molecule has 0 bridgehead atoms. The van der Waals surface area contributed by atoms with Gasteiger partial charge in [-0.15, -0.1) is 0 Å². The summed E-state index contributed by atoms with van der Waals surface area (Å²) in [6, 6.07) is 1.51. The van der Waals surface area contributed by atoms with E-state index in [1.807, 2.05) is 0 Å². The predicted molar refractivity (Wildman–Crippen MR) is 74.3 cm³/mol. The van der Waals surface area contributed by atoms with Crippen LogP contribution in [-0.4, -0.2) is 37.1 Å². The van der Waals surface area contributed by atoms with Gasteiger partial charge in [0, 0.05) is 18.6 Å². The number of nitrogens with one attached hydrogen (secondary N) is 1. The lowest BCUT2D eigenvalue weighted by molar-refractivity contribution is 0.146. The third-order valence-corrected chi connectivity index (χ3v) is 5.09. The minimum absolute atomic E-state index is 0.588. The van der Waals surface area contributed by atoms with E-state index in [2.05, 4.69) is 31.1 Å². The van der Waals surface area contributed by atoms with Gasteiger partial charge < -0.3 is 10.2 Å². The van der Waals surface area contributed by atoms with Gasteiger partial charge in [-0.05, 0) is 51.6 Å². The van der Waals surface area contributed by atoms with E-state index in [0.717, 1.165) is 12.1 Å². The third-order valence-electron chi connectivity index (χ3n) is 5.09. The molecule has 0 aromatic rings. The molecule has 100 valence electrons. The van der Waals surface area contributed by atoms with Crippen LogP contribution in [0.5, 0.6) is 0 Å². The van der Waals surface area contributed by atoms with Gasteiger partial charge in [-0.25, -0.2) is 0 Å². The maximum absolute atomic E-state index is 3.86. The van der Waals surface area contributed by atoms with Crippen molar-refractivity contribution in [2.75, 3.05) is 20.1 Å². The lowest BCUT2D eigenvalue weighted by Gasteiger charge is -2.39. The Morgan fingerprint density at radius 1 is 1.24 bits per heavy atom. The molecule has 1 saturated heterocycles. The number of hydrogen-bond donors (Lipinski definition) is 1. The Bertz CT molecular complexity index is 233. The van der Waals surface area contributed by atoms with Crippen LogP contribution in [0.1, 0.15) is 58.8 Å². The molecule has 0 aromatic heterocycles. The highest BCUT2D eigenvalue weighted by Gasteiger charge is 2.29. The van der Waals surface area contributed by atoms with Crippen LogP contribution in [0, 0.1) is 5.41 Å². The maximum atomic E-state index is 3.86. The summed E-state index contributed by atoms with van der Waals surface area (Å²) in [6.45, 7) is 7.34. The van der Waals surface area contributed by atoms with Crippen molar-refractivity contribution < 1.29 is 0 Å². The van der Waals surface area contributed by atoms with Gasteiger partial charge in [0.2, 0.25) is 0 Å². The number of piperidine rings is 1. The molecule has 17 heavy (non-hydrogen) atoms. The van der Waals surface area contributed by atoms with Gasteiger partial charge in [0.05, 0.1) is 0 Å². The highest BCUT2D eigenvalue weighted by atomic mass is 15.1. The van der Waals surface area contributed by atoms with Crippen LogP contribution in [0.3, 0.4) is 0 Å². The molecular weight excluding hydrogens is 208 g/mol. The summed E-state index contributed by atoms with van der Waals surface area (Å²) < 4.78 is 0. The van der Waals surface area contributed by atoms with Crippen molar-refractivity contribution >= 4 is 0 Å². The molecule has 0 spiro atoms. The first-order valence-corrected chi connectivity index (χ1v) is 7.53. The van der Waals surface area contributed by atoms with E-state index in [4.69, 9.17) is 0 Å². The second-order valence-corrected chi connectivity index (χ2v) is 6.80. The van der Waals surface area contributed by atoms with Crippen molar-refractivity contribution in [3.63, 3.8) is 0 Å². The minimum Gasteiger partial charge on any atom is -0.313 e. The fraction of sp³-hybridized carbons (Fsp3) is 1.00. The fourth-order valence-corrected chi connectivity index (χ4v) is 3.45. The van der Waals surface area contributed by atoms with E-state index in [1.54, 1.807) is 0 Å². The van der Waals surface area contributed by atoms with Crippen LogP contribution in [0.2, 0.25) is 0 Å². The van der Waals surface area contributed by atoms with E-state index in [0.29, 0.717) is 5.41 Å². The summed E-state index contributed by atoms with van der Waals surface area (Å²) >= 11 is 0. The molecule has 2 nitrogen and oxygen atoms in total. The van der Waals surface area contributed by atoms with Crippen molar-refractivity contribution in [3.05, 3.63) is 0 Å². The highest BCUT2D eigenvalue weighted by molar-refractivity contribution is 4.86. The molecule has 2 aliphatic rings. The zero-order valence-electron chi connectivity index (χ0n) is 12.0. The van der Waals surface area contributed by atoms with E-state index in [-0.39, 0.29) is 0 Å². The number of likely N-dealkylation sites (tertiary alicyclic amines) is 1. The van der Waals surface area contributed by atoms with E-state index in [9.17, 15) is 0 Å². The Labute approximate surface area is 107 Å². The lowest BCUT2D eigenvalue weighted by Crippen LogP contribution is -2.48.